The monoisotopic (exact) mass is 283 g/mol. The van der Waals surface area contributed by atoms with Crippen molar-refractivity contribution in [2.45, 2.75) is 70.9 Å². The lowest BCUT2D eigenvalue weighted by Crippen LogP contribution is -2.41. The number of rotatable bonds is 11. The second-order valence-corrected chi connectivity index (χ2v) is 6.32. The molecule has 1 saturated carbocycles. The van der Waals surface area contributed by atoms with E-state index in [0.29, 0.717) is 18.4 Å². The smallest absolute Gasteiger partial charge is 0.220 e. The minimum absolute atomic E-state index is 0.194. The molecule has 20 heavy (non-hydrogen) atoms. The molecular weight excluding hydrogens is 250 g/mol. The highest BCUT2D eigenvalue weighted by molar-refractivity contribution is 5.75. The summed E-state index contributed by atoms with van der Waals surface area (Å²) in [5.74, 6) is 0.807. The molecule has 4 nitrogen and oxygen atoms in total. The number of likely N-dealkylation sites (N-methyl/N-ethyl adjacent to an activating group) is 1. The Hall–Kier alpha value is -0.610. The normalized spacial score (nSPS) is 18.1. The minimum atomic E-state index is 0.194. The summed E-state index contributed by atoms with van der Waals surface area (Å²) in [5, 5.41) is 3.07. The summed E-state index contributed by atoms with van der Waals surface area (Å²) >= 11 is 0. The van der Waals surface area contributed by atoms with Crippen LogP contribution >= 0.6 is 0 Å². The highest BCUT2D eigenvalue weighted by Gasteiger charge is 2.29. The Kier molecular flexibility index (Phi) is 8.15. The Morgan fingerprint density at radius 2 is 2.05 bits per heavy atom. The minimum Gasteiger partial charge on any atom is -0.355 e. The van der Waals surface area contributed by atoms with Crippen molar-refractivity contribution in [2.24, 2.45) is 11.7 Å². The van der Waals surface area contributed by atoms with Crippen molar-refractivity contribution in [3.05, 3.63) is 0 Å². The van der Waals surface area contributed by atoms with Gasteiger partial charge in [0.1, 0.15) is 0 Å². The van der Waals surface area contributed by atoms with Crippen LogP contribution in [0.3, 0.4) is 0 Å². The fraction of sp³-hybridized carbons (Fsp3) is 0.938. The molecule has 118 valence electrons. The topological polar surface area (TPSA) is 58.4 Å². The van der Waals surface area contributed by atoms with Crippen LogP contribution in [0, 0.1) is 5.92 Å². The van der Waals surface area contributed by atoms with Crippen molar-refractivity contribution >= 4 is 5.91 Å². The predicted octanol–water partition coefficient (Wildman–Crippen LogP) is 2.13. The van der Waals surface area contributed by atoms with E-state index in [4.69, 9.17) is 5.73 Å². The summed E-state index contributed by atoms with van der Waals surface area (Å²) in [7, 11) is 2.16. The van der Waals surface area contributed by atoms with E-state index < -0.39 is 0 Å². The third-order valence-corrected chi connectivity index (χ3v) is 4.46. The van der Waals surface area contributed by atoms with Gasteiger partial charge in [0.2, 0.25) is 5.91 Å². The van der Waals surface area contributed by atoms with Crippen molar-refractivity contribution in [3.63, 3.8) is 0 Å². The van der Waals surface area contributed by atoms with E-state index in [1.54, 1.807) is 0 Å². The number of hydrogen-bond acceptors (Lipinski definition) is 3. The van der Waals surface area contributed by atoms with E-state index in [2.05, 4.69) is 31.1 Å². The van der Waals surface area contributed by atoms with Gasteiger partial charge in [0.25, 0.3) is 0 Å². The Morgan fingerprint density at radius 3 is 2.60 bits per heavy atom. The van der Waals surface area contributed by atoms with Crippen molar-refractivity contribution < 1.29 is 4.79 Å². The van der Waals surface area contributed by atoms with Crippen LogP contribution in [-0.2, 0) is 4.79 Å². The molecule has 2 atom stereocenters. The first-order chi connectivity index (χ1) is 9.58. The third-order valence-electron chi connectivity index (χ3n) is 4.46. The molecule has 0 aliphatic heterocycles. The van der Waals surface area contributed by atoms with Gasteiger partial charge in [-0.15, -0.1) is 0 Å². The fourth-order valence-electron chi connectivity index (χ4n) is 2.75. The highest BCUT2D eigenvalue weighted by atomic mass is 16.1. The highest BCUT2D eigenvalue weighted by Crippen LogP contribution is 2.26. The lowest BCUT2D eigenvalue weighted by atomic mass is 9.94. The van der Waals surface area contributed by atoms with E-state index in [-0.39, 0.29) is 5.91 Å². The molecule has 0 radical (unpaired) electrons. The number of carbonyl (C=O) groups excluding carboxylic acids is 1. The zero-order chi connectivity index (χ0) is 15.0. The largest absolute Gasteiger partial charge is 0.355 e. The van der Waals surface area contributed by atoms with Gasteiger partial charge in [-0.25, -0.2) is 0 Å². The summed E-state index contributed by atoms with van der Waals surface area (Å²) < 4.78 is 0. The van der Waals surface area contributed by atoms with Gasteiger partial charge in [0.15, 0.2) is 0 Å². The van der Waals surface area contributed by atoms with Gasteiger partial charge in [-0.1, -0.05) is 19.8 Å². The van der Waals surface area contributed by atoms with Crippen LogP contribution < -0.4 is 11.1 Å². The second kappa shape index (κ2) is 9.35. The predicted molar refractivity (Wildman–Crippen MR) is 84.6 cm³/mol. The average molecular weight is 283 g/mol. The van der Waals surface area contributed by atoms with Gasteiger partial charge in [-0.05, 0) is 52.1 Å². The van der Waals surface area contributed by atoms with E-state index in [0.717, 1.165) is 32.0 Å². The molecular formula is C16H33N3O. The van der Waals surface area contributed by atoms with Crippen LogP contribution in [0.2, 0.25) is 0 Å². The average Bonchev–Trinajstić information content (AvgIpc) is 3.26. The Balaban J connectivity index is 2.15. The van der Waals surface area contributed by atoms with Gasteiger partial charge >= 0.3 is 0 Å². The van der Waals surface area contributed by atoms with E-state index in [1.165, 1.54) is 25.7 Å². The van der Waals surface area contributed by atoms with E-state index in [1.807, 2.05) is 0 Å². The SMILES string of the molecule is CCCC(CCN)CCC(=O)NCC(C)N(C)C1CC1. The standard InChI is InChI=1S/C16H33N3O/c1-4-5-14(10-11-17)6-9-16(20)18-12-13(2)19(3)15-7-8-15/h13-15H,4-12,17H2,1-3H3,(H,18,20). The zero-order valence-electron chi connectivity index (χ0n) is 13.5. The maximum Gasteiger partial charge on any atom is 0.220 e. The van der Waals surface area contributed by atoms with Gasteiger partial charge in [0, 0.05) is 25.0 Å². The first-order valence-electron chi connectivity index (χ1n) is 8.27. The lowest BCUT2D eigenvalue weighted by molar-refractivity contribution is -0.121. The Labute approximate surface area is 124 Å². The maximum atomic E-state index is 11.9. The zero-order valence-corrected chi connectivity index (χ0v) is 13.5. The van der Waals surface area contributed by atoms with Crippen molar-refractivity contribution in [1.29, 1.82) is 0 Å². The molecule has 0 bridgehead atoms. The number of amides is 1. The van der Waals surface area contributed by atoms with Gasteiger partial charge in [-0.2, -0.15) is 0 Å². The molecule has 3 N–H and O–H groups in total. The van der Waals surface area contributed by atoms with E-state index >= 15 is 0 Å². The lowest BCUT2D eigenvalue weighted by Gasteiger charge is -2.24. The number of carbonyl (C=O) groups is 1. The Morgan fingerprint density at radius 1 is 1.35 bits per heavy atom. The maximum absolute atomic E-state index is 11.9. The van der Waals surface area contributed by atoms with Crippen molar-refractivity contribution in [2.75, 3.05) is 20.1 Å². The summed E-state index contributed by atoms with van der Waals surface area (Å²) in [6.45, 7) is 5.88. The van der Waals surface area contributed by atoms with Crippen molar-refractivity contribution in [3.8, 4) is 0 Å². The Bertz CT molecular complexity index is 265. The molecule has 1 aliphatic rings. The summed E-state index contributed by atoms with van der Waals surface area (Å²) in [6.07, 6.45) is 7.65. The molecule has 0 aromatic rings. The number of nitrogens with two attached hydrogens (primary N) is 1. The molecule has 1 rings (SSSR count). The molecule has 4 heteroatoms. The van der Waals surface area contributed by atoms with Crippen LogP contribution in [0.1, 0.15) is 58.8 Å². The fourth-order valence-corrected chi connectivity index (χ4v) is 2.75. The number of nitrogens with one attached hydrogen (secondary N) is 1. The van der Waals surface area contributed by atoms with Crippen LogP contribution in [-0.4, -0.2) is 43.0 Å². The number of nitrogens with zero attached hydrogens (tertiary/aromatic N) is 1. The van der Waals surface area contributed by atoms with Gasteiger partial charge in [-0.3, -0.25) is 9.69 Å². The van der Waals surface area contributed by atoms with Crippen LogP contribution in [0.25, 0.3) is 0 Å². The summed E-state index contributed by atoms with van der Waals surface area (Å²) in [4.78, 5) is 14.3. The van der Waals surface area contributed by atoms with Crippen molar-refractivity contribution in [1.82, 2.24) is 10.2 Å². The molecule has 1 amide bonds. The van der Waals surface area contributed by atoms with Gasteiger partial charge in [0.05, 0.1) is 0 Å². The van der Waals surface area contributed by atoms with Crippen LogP contribution in [0.5, 0.6) is 0 Å². The molecule has 0 aromatic carbocycles. The number of hydrogen-bond donors (Lipinski definition) is 2. The molecule has 0 aromatic heterocycles. The first kappa shape index (κ1) is 17.4. The van der Waals surface area contributed by atoms with E-state index in [9.17, 15) is 4.79 Å². The molecule has 0 heterocycles. The molecule has 1 fully saturated rings. The second-order valence-electron chi connectivity index (χ2n) is 6.32. The quantitative estimate of drug-likeness (QED) is 0.611. The summed E-state index contributed by atoms with van der Waals surface area (Å²) in [5.41, 5.74) is 5.63. The summed E-state index contributed by atoms with van der Waals surface area (Å²) in [6, 6.07) is 1.18. The molecule has 0 spiro atoms. The molecule has 1 aliphatic carbocycles. The third kappa shape index (κ3) is 6.71. The van der Waals surface area contributed by atoms with Crippen LogP contribution in [0.4, 0.5) is 0 Å². The first-order valence-corrected chi connectivity index (χ1v) is 8.27. The van der Waals surface area contributed by atoms with Crippen LogP contribution in [0.15, 0.2) is 0 Å². The van der Waals surface area contributed by atoms with Gasteiger partial charge < -0.3 is 11.1 Å². The molecule has 0 saturated heterocycles. The molecule has 2 unspecified atom stereocenters.